The van der Waals surface area contributed by atoms with Crippen LogP contribution in [-0.4, -0.2) is 48.6 Å². The minimum absolute atomic E-state index is 0.299. The molecule has 4 rings (SSSR count). The first kappa shape index (κ1) is 16.6. The van der Waals surface area contributed by atoms with Crippen LogP contribution in [0.2, 0.25) is 0 Å². The van der Waals surface area contributed by atoms with Crippen molar-refractivity contribution in [2.75, 3.05) is 7.11 Å². The average Bonchev–Trinajstić information content (AvgIpc) is 3.38. The lowest BCUT2D eigenvalue weighted by Gasteiger charge is -2.18. The fourth-order valence-corrected chi connectivity index (χ4v) is 2.82. The number of rotatable bonds is 6. The first-order valence-electron chi connectivity index (χ1n) is 8.20. The molecule has 0 fully saturated rings. The number of hydrogen-bond acceptors (Lipinski definition) is 7. The highest BCUT2D eigenvalue weighted by atomic mass is 16.5. The molecule has 0 saturated heterocycles. The molecule has 10 heteroatoms. The van der Waals surface area contributed by atoms with Crippen LogP contribution in [0.15, 0.2) is 42.9 Å². The van der Waals surface area contributed by atoms with Gasteiger partial charge in [-0.15, -0.1) is 10.2 Å². The predicted octanol–water partition coefficient (Wildman–Crippen LogP) is 1.19. The van der Waals surface area contributed by atoms with Crippen molar-refractivity contribution >= 4 is 16.9 Å². The van der Waals surface area contributed by atoms with Crippen LogP contribution in [0.4, 0.5) is 0 Å². The van der Waals surface area contributed by atoms with Crippen molar-refractivity contribution in [1.29, 1.82) is 0 Å². The summed E-state index contributed by atoms with van der Waals surface area (Å²) in [6, 6.07) is 8.83. The van der Waals surface area contributed by atoms with Crippen molar-refractivity contribution in [3.8, 4) is 5.75 Å². The molecule has 10 nitrogen and oxygen atoms in total. The van der Waals surface area contributed by atoms with E-state index < -0.39 is 0 Å². The number of nitrogens with one attached hydrogen (secondary N) is 3. The number of ether oxygens (including phenoxy) is 1. The first-order chi connectivity index (χ1) is 13.2. The monoisotopic (exact) mass is 364 g/mol. The van der Waals surface area contributed by atoms with E-state index in [0.717, 1.165) is 11.3 Å². The molecule has 1 amide bonds. The van der Waals surface area contributed by atoms with Crippen molar-refractivity contribution in [2.24, 2.45) is 0 Å². The quantitative estimate of drug-likeness (QED) is 0.468. The van der Waals surface area contributed by atoms with Crippen molar-refractivity contribution in [3.63, 3.8) is 0 Å². The van der Waals surface area contributed by atoms with Crippen molar-refractivity contribution in [2.45, 2.75) is 12.5 Å². The fraction of sp³-hybridized carbons (Fsp3) is 0.176. The lowest BCUT2D eigenvalue weighted by Crippen LogP contribution is -2.31. The molecule has 27 heavy (non-hydrogen) atoms. The van der Waals surface area contributed by atoms with Gasteiger partial charge in [0.15, 0.2) is 5.82 Å². The fourth-order valence-electron chi connectivity index (χ4n) is 2.82. The van der Waals surface area contributed by atoms with E-state index in [1.807, 2.05) is 24.3 Å². The number of hydrogen-bond donors (Lipinski definition) is 3. The van der Waals surface area contributed by atoms with Crippen molar-refractivity contribution in [1.82, 2.24) is 40.9 Å². The Kier molecular flexibility index (Phi) is 4.44. The highest BCUT2D eigenvalue weighted by Gasteiger charge is 2.21. The van der Waals surface area contributed by atoms with E-state index in [4.69, 9.17) is 4.74 Å². The average molecular weight is 364 g/mol. The molecular formula is C17H16N8O2. The molecule has 136 valence electrons. The summed E-state index contributed by atoms with van der Waals surface area (Å²) in [5, 5.41) is 17.6. The number of methoxy groups -OCH3 is 1. The Morgan fingerprint density at radius 3 is 2.81 bits per heavy atom. The molecule has 0 radical (unpaired) electrons. The second-order valence-electron chi connectivity index (χ2n) is 5.79. The summed E-state index contributed by atoms with van der Waals surface area (Å²) in [6.07, 6.45) is 3.45. The van der Waals surface area contributed by atoms with E-state index in [-0.39, 0.29) is 11.9 Å². The Bertz CT molecular complexity index is 1040. The molecule has 0 saturated carbocycles. The molecule has 0 aliphatic rings. The number of carbonyl (C=O) groups excluding carboxylic acids is 1. The molecule has 0 spiro atoms. The van der Waals surface area contributed by atoms with Gasteiger partial charge in [-0.05, 0) is 23.8 Å². The molecule has 0 unspecified atom stereocenters. The second-order valence-corrected chi connectivity index (χ2v) is 5.79. The largest absolute Gasteiger partial charge is 0.497 e. The standard InChI is InChI=1S/C17H16N8O2/c1-27-11-4-2-10(3-5-11)13(8-14-22-24-25-23-14)21-17(26)15-12-6-7-18-16(12)20-9-19-15/h2-7,9,13H,8H2,1H3,(H,21,26)(H,18,19,20)(H,22,23,24,25)/t13-/m1/s1. The maximum atomic E-state index is 12.9. The SMILES string of the molecule is COc1ccc([C@@H](Cc2nn[nH]n2)NC(=O)c2ncnc3[nH]ccc23)cc1. The summed E-state index contributed by atoms with van der Waals surface area (Å²) in [5.41, 5.74) is 1.79. The summed E-state index contributed by atoms with van der Waals surface area (Å²) in [6.45, 7) is 0. The molecule has 1 aromatic carbocycles. The van der Waals surface area contributed by atoms with Crippen LogP contribution in [0.3, 0.4) is 0 Å². The lowest BCUT2D eigenvalue weighted by atomic mass is 10.0. The number of nitrogens with zero attached hydrogens (tertiary/aromatic N) is 5. The van der Waals surface area contributed by atoms with Crippen LogP contribution in [-0.2, 0) is 6.42 Å². The van der Waals surface area contributed by atoms with Gasteiger partial charge in [0.2, 0.25) is 0 Å². The lowest BCUT2D eigenvalue weighted by molar-refractivity contribution is 0.0933. The van der Waals surface area contributed by atoms with Crippen LogP contribution < -0.4 is 10.1 Å². The minimum atomic E-state index is -0.370. The third-order valence-electron chi connectivity index (χ3n) is 4.17. The number of amides is 1. The molecule has 1 atom stereocenters. The van der Waals surface area contributed by atoms with Gasteiger partial charge in [0.25, 0.3) is 5.91 Å². The molecule has 4 aromatic rings. The van der Waals surface area contributed by atoms with Gasteiger partial charge < -0.3 is 15.0 Å². The minimum Gasteiger partial charge on any atom is -0.497 e. The van der Waals surface area contributed by atoms with E-state index in [0.29, 0.717) is 29.0 Å². The Hall–Kier alpha value is -3.82. The summed E-state index contributed by atoms with van der Waals surface area (Å²) >= 11 is 0. The Morgan fingerprint density at radius 2 is 2.07 bits per heavy atom. The zero-order valence-electron chi connectivity index (χ0n) is 14.4. The van der Waals surface area contributed by atoms with Crippen LogP contribution in [0.25, 0.3) is 11.0 Å². The van der Waals surface area contributed by atoms with Gasteiger partial charge in [-0.25, -0.2) is 9.97 Å². The van der Waals surface area contributed by atoms with E-state index in [1.54, 1.807) is 19.4 Å². The maximum Gasteiger partial charge on any atom is 0.271 e. The smallest absolute Gasteiger partial charge is 0.271 e. The normalized spacial score (nSPS) is 12.0. The van der Waals surface area contributed by atoms with E-state index in [2.05, 4.69) is 40.9 Å². The van der Waals surface area contributed by atoms with Crippen LogP contribution in [0.1, 0.15) is 27.9 Å². The summed E-state index contributed by atoms with van der Waals surface area (Å²) in [7, 11) is 1.60. The Morgan fingerprint density at radius 1 is 1.22 bits per heavy atom. The highest BCUT2D eigenvalue weighted by Crippen LogP contribution is 2.21. The summed E-state index contributed by atoms with van der Waals surface area (Å²) in [5.74, 6) is 0.908. The number of aromatic nitrogens is 7. The van der Waals surface area contributed by atoms with Gasteiger partial charge in [-0.2, -0.15) is 5.21 Å². The van der Waals surface area contributed by atoms with Gasteiger partial charge in [-0.1, -0.05) is 17.3 Å². The van der Waals surface area contributed by atoms with Crippen LogP contribution >= 0.6 is 0 Å². The van der Waals surface area contributed by atoms with E-state index >= 15 is 0 Å². The molecule has 0 aliphatic carbocycles. The second kappa shape index (κ2) is 7.20. The Labute approximate surface area is 153 Å². The van der Waals surface area contributed by atoms with Crippen molar-refractivity contribution < 1.29 is 9.53 Å². The summed E-state index contributed by atoms with van der Waals surface area (Å²) in [4.78, 5) is 24.1. The van der Waals surface area contributed by atoms with Gasteiger partial charge in [0.05, 0.1) is 18.5 Å². The molecule has 0 bridgehead atoms. The number of carbonyl (C=O) groups is 1. The molecule has 3 aromatic heterocycles. The number of tetrazole rings is 1. The number of aromatic amines is 2. The van der Waals surface area contributed by atoms with E-state index in [9.17, 15) is 4.79 Å². The number of benzene rings is 1. The third-order valence-corrected chi connectivity index (χ3v) is 4.17. The molecule has 3 heterocycles. The van der Waals surface area contributed by atoms with Crippen LogP contribution in [0, 0.1) is 0 Å². The van der Waals surface area contributed by atoms with Crippen LogP contribution in [0.5, 0.6) is 5.75 Å². The highest BCUT2D eigenvalue weighted by molar-refractivity contribution is 6.03. The molecule has 0 aliphatic heterocycles. The Balaban J connectivity index is 1.63. The van der Waals surface area contributed by atoms with Gasteiger partial charge in [0, 0.05) is 12.6 Å². The first-order valence-corrected chi connectivity index (χ1v) is 8.20. The van der Waals surface area contributed by atoms with Crippen molar-refractivity contribution in [3.05, 3.63) is 59.9 Å². The van der Waals surface area contributed by atoms with E-state index in [1.165, 1.54) is 6.33 Å². The van der Waals surface area contributed by atoms with Gasteiger partial charge in [0.1, 0.15) is 23.4 Å². The molecular weight excluding hydrogens is 348 g/mol. The van der Waals surface area contributed by atoms with Gasteiger partial charge >= 0.3 is 0 Å². The zero-order chi connectivity index (χ0) is 18.6. The predicted molar refractivity (Wildman–Crippen MR) is 95.0 cm³/mol. The summed E-state index contributed by atoms with van der Waals surface area (Å²) < 4.78 is 5.20. The number of fused-ring (bicyclic) bond motifs is 1. The third kappa shape index (κ3) is 3.45. The zero-order valence-corrected chi connectivity index (χ0v) is 14.4. The number of H-pyrrole nitrogens is 2. The molecule has 3 N–H and O–H groups in total. The topological polar surface area (TPSA) is 134 Å². The maximum absolute atomic E-state index is 12.9. The van der Waals surface area contributed by atoms with Gasteiger partial charge in [-0.3, -0.25) is 4.79 Å².